The predicted octanol–water partition coefficient (Wildman–Crippen LogP) is 2.90. The summed E-state index contributed by atoms with van der Waals surface area (Å²) < 4.78 is 15.5. The van der Waals surface area contributed by atoms with Gasteiger partial charge in [-0.3, -0.25) is 14.9 Å². The van der Waals surface area contributed by atoms with Crippen molar-refractivity contribution in [3.8, 4) is 11.5 Å². The molecule has 2 N–H and O–H groups in total. The van der Waals surface area contributed by atoms with Crippen LogP contribution in [0.4, 0.5) is 10.8 Å². The molecule has 0 radical (unpaired) electrons. The maximum atomic E-state index is 12.2. The van der Waals surface area contributed by atoms with Crippen molar-refractivity contribution in [2.75, 3.05) is 17.4 Å². The van der Waals surface area contributed by atoms with E-state index >= 15 is 0 Å². The summed E-state index contributed by atoms with van der Waals surface area (Å²) in [7, 11) is 0. The molecule has 0 saturated heterocycles. The van der Waals surface area contributed by atoms with Crippen LogP contribution in [0.3, 0.4) is 0 Å². The second-order valence-electron chi connectivity index (χ2n) is 5.37. The number of fused-ring (bicyclic) bond motifs is 1. The number of carbonyl (C=O) groups is 2. The highest BCUT2D eigenvalue weighted by Crippen LogP contribution is 2.34. The standard InChI is InChI=1S/C17H13N3O5S/c21-15(18-10-3-4-12-14(6-10)25-9-24-12)7-11-8-26-17(19-11)20-16(22)13-2-1-5-23-13/h1-6,8H,7,9H2,(H,18,21)(H,19,20,22). The molecular formula is C17H13N3O5S. The smallest absolute Gasteiger partial charge is 0.293 e. The minimum atomic E-state index is -0.388. The quantitative estimate of drug-likeness (QED) is 0.715. The fourth-order valence-corrected chi connectivity index (χ4v) is 3.06. The summed E-state index contributed by atoms with van der Waals surface area (Å²) in [6.45, 7) is 0.179. The monoisotopic (exact) mass is 371 g/mol. The third kappa shape index (κ3) is 3.52. The molecular weight excluding hydrogens is 358 g/mol. The first-order valence-corrected chi connectivity index (χ1v) is 8.54. The lowest BCUT2D eigenvalue weighted by molar-refractivity contribution is -0.115. The van der Waals surface area contributed by atoms with E-state index in [1.165, 1.54) is 17.6 Å². The van der Waals surface area contributed by atoms with Crippen LogP contribution in [0.25, 0.3) is 0 Å². The Hall–Kier alpha value is -3.33. The zero-order chi connectivity index (χ0) is 17.9. The van der Waals surface area contributed by atoms with E-state index in [2.05, 4.69) is 15.6 Å². The van der Waals surface area contributed by atoms with Crippen LogP contribution in [0.5, 0.6) is 11.5 Å². The van der Waals surface area contributed by atoms with Gasteiger partial charge in [0.15, 0.2) is 22.4 Å². The molecule has 0 spiro atoms. The Morgan fingerprint density at radius 2 is 2.04 bits per heavy atom. The van der Waals surface area contributed by atoms with Gasteiger partial charge in [-0.15, -0.1) is 11.3 Å². The number of nitrogens with one attached hydrogen (secondary N) is 2. The molecule has 0 fully saturated rings. The lowest BCUT2D eigenvalue weighted by Crippen LogP contribution is -2.15. The van der Waals surface area contributed by atoms with Crippen LogP contribution in [0.2, 0.25) is 0 Å². The number of carbonyl (C=O) groups excluding carboxylic acids is 2. The topological polar surface area (TPSA) is 103 Å². The average molecular weight is 371 g/mol. The van der Waals surface area contributed by atoms with Crippen molar-refractivity contribution in [1.82, 2.24) is 4.98 Å². The summed E-state index contributed by atoms with van der Waals surface area (Å²) in [5, 5.41) is 7.53. The Labute approximate surface area is 151 Å². The van der Waals surface area contributed by atoms with Crippen molar-refractivity contribution in [3.63, 3.8) is 0 Å². The van der Waals surface area contributed by atoms with E-state index in [0.29, 0.717) is 28.0 Å². The second-order valence-corrected chi connectivity index (χ2v) is 6.23. The minimum Gasteiger partial charge on any atom is -0.459 e. The third-order valence-corrected chi connectivity index (χ3v) is 4.32. The molecule has 3 aromatic rings. The van der Waals surface area contributed by atoms with Gasteiger partial charge >= 0.3 is 0 Å². The van der Waals surface area contributed by atoms with Gasteiger partial charge in [0.25, 0.3) is 5.91 Å². The van der Waals surface area contributed by atoms with Crippen LogP contribution in [-0.2, 0) is 11.2 Å². The number of ether oxygens (including phenoxy) is 2. The predicted molar refractivity (Wildman–Crippen MR) is 93.7 cm³/mol. The molecule has 2 aromatic heterocycles. The number of hydrogen-bond donors (Lipinski definition) is 2. The maximum absolute atomic E-state index is 12.2. The van der Waals surface area contributed by atoms with E-state index in [1.54, 1.807) is 35.7 Å². The molecule has 0 aliphatic carbocycles. The van der Waals surface area contributed by atoms with Gasteiger partial charge in [-0.2, -0.15) is 0 Å². The van der Waals surface area contributed by atoms with E-state index in [-0.39, 0.29) is 30.8 Å². The Morgan fingerprint density at radius 1 is 1.15 bits per heavy atom. The number of aromatic nitrogens is 1. The van der Waals surface area contributed by atoms with Crippen LogP contribution in [0, 0.1) is 0 Å². The van der Waals surface area contributed by atoms with Crippen LogP contribution in [0.1, 0.15) is 16.2 Å². The summed E-state index contributed by atoms with van der Waals surface area (Å²) in [6, 6.07) is 8.37. The molecule has 1 aliphatic rings. The third-order valence-electron chi connectivity index (χ3n) is 3.52. The summed E-state index contributed by atoms with van der Waals surface area (Å²) in [6.07, 6.45) is 1.50. The van der Waals surface area contributed by atoms with Crippen molar-refractivity contribution in [2.45, 2.75) is 6.42 Å². The molecule has 2 amide bonds. The molecule has 9 heteroatoms. The van der Waals surface area contributed by atoms with Crippen LogP contribution < -0.4 is 20.1 Å². The van der Waals surface area contributed by atoms with Gasteiger partial charge in [0.05, 0.1) is 18.4 Å². The first-order chi connectivity index (χ1) is 12.7. The van der Waals surface area contributed by atoms with Crippen molar-refractivity contribution in [1.29, 1.82) is 0 Å². The molecule has 1 aromatic carbocycles. The summed E-state index contributed by atoms with van der Waals surface area (Å²) in [5.74, 6) is 0.833. The van der Waals surface area contributed by atoms with Crippen molar-refractivity contribution < 1.29 is 23.5 Å². The number of furan rings is 1. The van der Waals surface area contributed by atoms with Gasteiger partial charge in [-0.1, -0.05) is 0 Å². The van der Waals surface area contributed by atoms with Crippen LogP contribution in [-0.4, -0.2) is 23.6 Å². The van der Waals surface area contributed by atoms with Gasteiger partial charge in [0.2, 0.25) is 12.7 Å². The van der Waals surface area contributed by atoms with Gasteiger partial charge in [0, 0.05) is 17.1 Å². The summed E-state index contributed by atoms with van der Waals surface area (Å²) in [5.41, 5.74) is 1.17. The number of hydrogen-bond acceptors (Lipinski definition) is 7. The van der Waals surface area contributed by atoms with E-state index in [4.69, 9.17) is 13.9 Å². The number of nitrogens with zero attached hydrogens (tertiary/aromatic N) is 1. The van der Waals surface area contributed by atoms with Gasteiger partial charge in [0.1, 0.15) is 0 Å². The molecule has 26 heavy (non-hydrogen) atoms. The highest BCUT2D eigenvalue weighted by atomic mass is 32.1. The molecule has 8 nitrogen and oxygen atoms in total. The first-order valence-electron chi connectivity index (χ1n) is 7.66. The molecule has 4 rings (SSSR count). The molecule has 0 bridgehead atoms. The molecule has 0 unspecified atom stereocenters. The van der Waals surface area contributed by atoms with Gasteiger partial charge in [-0.05, 0) is 24.3 Å². The number of amides is 2. The van der Waals surface area contributed by atoms with Gasteiger partial charge < -0.3 is 19.2 Å². The largest absolute Gasteiger partial charge is 0.459 e. The number of rotatable bonds is 5. The van der Waals surface area contributed by atoms with Crippen molar-refractivity contribution in [3.05, 3.63) is 53.4 Å². The van der Waals surface area contributed by atoms with Crippen molar-refractivity contribution in [2.24, 2.45) is 0 Å². The van der Waals surface area contributed by atoms with E-state index < -0.39 is 0 Å². The van der Waals surface area contributed by atoms with Crippen LogP contribution in [0.15, 0.2) is 46.4 Å². The molecule has 132 valence electrons. The Kier molecular flexibility index (Phi) is 4.28. The second kappa shape index (κ2) is 6.89. The number of benzene rings is 1. The molecule has 0 atom stereocenters. The fourth-order valence-electron chi connectivity index (χ4n) is 2.36. The van der Waals surface area contributed by atoms with E-state index in [0.717, 1.165) is 0 Å². The molecule has 3 heterocycles. The molecule has 1 aliphatic heterocycles. The van der Waals surface area contributed by atoms with Crippen molar-refractivity contribution >= 4 is 34.0 Å². The zero-order valence-electron chi connectivity index (χ0n) is 13.4. The first kappa shape index (κ1) is 16.2. The fraction of sp³-hybridized carbons (Fsp3) is 0.118. The zero-order valence-corrected chi connectivity index (χ0v) is 14.2. The Bertz CT molecular complexity index is 951. The molecule has 0 saturated carbocycles. The minimum absolute atomic E-state index is 0.0849. The lowest BCUT2D eigenvalue weighted by atomic mass is 10.2. The van der Waals surface area contributed by atoms with E-state index in [1.807, 2.05) is 0 Å². The number of thiazole rings is 1. The normalized spacial score (nSPS) is 12.0. The average Bonchev–Trinajstić information content (AvgIpc) is 3.36. The summed E-state index contributed by atoms with van der Waals surface area (Å²) >= 11 is 1.24. The lowest BCUT2D eigenvalue weighted by Gasteiger charge is -2.05. The van der Waals surface area contributed by atoms with Crippen LogP contribution >= 0.6 is 11.3 Å². The number of anilines is 2. The highest BCUT2D eigenvalue weighted by molar-refractivity contribution is 7.14. The highest BCUT2D eigenvalue weighted by Gasteiger charge is 2.15. The SMILES string of the molecule is O=C(Cc1csc(NC(=O)c2ccco2)n1)Nc1ccc2c(c1)OCO2. The summed E-state index contributed by atoms with van der Waals surface area (Å²) in [4.78, 5) is 28.3. The Balaban J connectivity index is 1.35. The van der Waals surface area contributed by atoms with Gasteiger partial charge in [-0.25, -0.2) is 4.98 Å². The maximum Gasteiger partial charge on any atom is 0.293 e. The Morgan fingerprint density at radius 3 is 2.88 bits per heavy atom. The van der Waals surface area contributed by atoms with E-state index in [9.17, 15) is 9.59 Å².